The molecule has 2 aromatic heterocycles. The van der Waals surface area contributed by atoms with Crippen LogP contribution in [0.3, 0.4) is 0 Å². The maximum atomic E-state index is 14.2. The van der Waals surface area contributed by atoms with Gasteiger partial charge in [-0.3, -0.25) is 14.6 Å². The van der Waals surface area contributed by atoms with Crippen molar-refractivity contribution < 1.29 is 27.2 Å². The molecular formula is C23H28F4N8O2. The first-order chi connectivity index (χ1) is 17.4. The van der Waals surface area contributed by atoms with Gasteiger partial charge < -0.3 is 21.4 Å². The van der Waals surface area contributed by atoms with E-state index in [4.69, 9.17) is 11.6 Å². The van der Waals surface area contributed by atoms with Crippen molar-refractivity contribution in [1.82, 2.24) is 25.5 Å². The number of anilines is 1. The quantitative estimate of drug-likeness (QED) is 0.151. The molecule has 37 heavy (non-hydrogen) atoms. The molecular weight excluding hydrogens is 496 g/mol. The van der Waals surface area contributed by atoms with Crippen molar-refractivity contribution in [2.75, 3.05) is 18.9 Å². The Hall–Kier alpha value is -3.81. The number of pyridine rings is 1. The number of hydrazine groups is 1. The molecule has 1 unspecified atom stereocenters. The molecule has 0 saturated heterocycles. The molecule has 2 heterocycles. The molecule has 10 nitrogen and oxygen atoms in total. The number of hydrogen-bond acceptors (Lipinski definition) is 8. The number of hydrogen-bond donors (Lipinski definition) is 4. The molecule has 0 radical (unpaired) electrons. The number of amides is 2. The molecule has 6 N–H and O–H groups in total. The lowest BCUT2D eigenvalue weighted by Crippen LogP contribution is -2.35. The predicted molar refractivity (Wildman–Crippen MR) is 126 cm³/mol. The number of nitrogens with zero attached hydrogens (tertiary/aromatic N) is 4. The van der Waals surface area contributed by atoms with Crippen LogP contribution in [-0.4, -0.2) is 51.8 Å². The van der Waals surface area contributed by atoms with Gasteiger partial charge in [0.05, 0.1) is 29.9 Å². The van der Waals surface area contributed by atoms with Gasteiger partial charge in [-0.05, 0) is 49.9 Å². The number of aryl methyl sites for hydroxylation is 1. The first-order valence-corrected chi connectivity index (χ1v) is 11.5. The summed E-state index contributed by atoms with van der Waals surface area (Å²) in [7, 11) is 1.40. The van der Waals surface area contributed by atoms with Crippen LogP contribution >= 0.6 is 0 Å². The Bertz CT molecular complexity index is 1140. The fourth-order valence-electron chi connectivity index (χ4n) is 3.42. The summed E-state index contributed by atoms with van der Waals surface area (Å²) >= 11 is 0. The van der Waals surface area contributed by atoms with Crippen LogP contribution in [0.1, 0.15) is 47.8 Å². The van der Waals surface area contributed by atoms with Crippen LogP contribution in [0.15, 0.2) is 36.2 Å². The van der Waals surface area contributed by atoms with Gasteiger partial charge in [0.2, 0.25) is 5.91 Å². The average molecular weight is 525 g/mol. The maximum absolute atomic E-state index is 14.2. The summed E-state index contributed by atoms with van der Waals surface area (Å²) in [6, 6.07) is 4.92. The number of aromatic nitrogens is 3. The van der Waals surface area contributed by atoms with E-state index in [0.29, 0.717) is 11.4 Å². The number of rotatable bonds is 11. The lowest BCUT2D eigenvalue weighted by atomic mass is 10.1. The highest BCUT2D eigenvalue weighted by Gasteiger charge is 2.34. The van der Waals surface area contributed by atoms with E-state index in [9.17, 15) is 27.2 Å². The summed E-state index contributed by atoms with van der Waals surface area (Å²) in [6.45, 7) is -0.203. The van der Waals surface area contributed by atoms with Crippen LogP contribution in [0.25, 0.3) is 0 Å². The van der Waals surface area contributed by atoms with E-state index in [0.717, 1.165) is 36.2 Å². The number of nitrogens with one attached hydrogen (secondary N) is 2. The SMILES string of the molecule is CNC(=O)/C(N)=C/N(N)CC(F)CCc1ccc(NC(=O)Cc2cc(C(F)(F)F)cc(C3CC3)n2)nn1. The van der Waals surface area contributed by atoms with Crippen LogP contribution in [0.2, 0.25) is 0 Å². The highest BCUT2D eigenvalue weighted by molar-refractivity contribution is 5.92. The van der Waals surface area contributed by atoms with Gasteiger partial charge in [-0.1, -0.05) is 0 Å². The van der Waals surface area contributed by atoms with Crippen molar-refractivity contribution in [3.8, 4) is 0 Å². The summed E-state index contributed by atoms with van der Waals surface area (Å²) in [6.07, 6.45) is -3.27. The minimum Gasteiger partial charge on any atom is -0.393 e. The smallest absolute Gasteiger partial charge is 0.393 e. The van der Waals surface area contributed by atoms with Crippen LogP contribution < -0.4 is 22.2 Å². The second-order valence-corrected chi connectivity index (χ2v) is 8.68. The van der Waals surface area contributed by atoms with E-state index in [-0.39, 0.29) is 48.9 Å². The van der Waals surface area contributed by atoms with E-state index < -0.39 is 29.7 Å². The van der Waals surface area contributed by atoms with Crippen LogP contribution in [0.4, 0.5) is 23.4 Å². The number of nitrogens with two attached hydrogens (primary N) is 2. The van der Waals surface area contributed by atoms with Gasteiger partial charge in [0.1, 0.15) is 11.9 Å². The van der Waals surface area contributed by atoms with E-state index >= 15 is 0 Å². The maximum Gasteiger partial charge on any atom is 0.416 e. The van der Waals surface area contributed by atoms with E-state index in [1.54, 1.807) is 6.07 Å². The van der Waals surface area contributed by atoms with Crippen molar-refractivity contribution in [1.29, 1.82) is 0 Å². The lowest BCUT2D eigenvalue weighted by Gasteiger charge is -2.17. The molecule has 2 aromatic rings. The second kappa shape index (κ2) is 12.0. The zero-order valence-corrected chi connectivity index (χ0v) is 20.1. The Balaban J connectivity index is 1.50. The molecule has 0 aliphatic heterocycles. The van der Waals surface area contributed by atoms with Crippen LogP contribution in [0.5, 0.6) is 0 Å². The minimum absolute atomic E-state index is 0.00322. The van der Waals surface area contributed by atoms with E-state index in [2.05, 4.69) is 25.8 Å². The molecule has 1 fully saturated rings. The molecule has 0 aromatic carbocycles. The van der Waals surface area contributed by atoms with Crippen LogP contribution in [0, 0.1) is 0 Å². The topological polar surface area (TPSA) is 152 Å². The third-order valence-electron chi connectivity index (χ3n) is 5.47. The van der Waals surface area contributed by atoms with Crippen molar-refractivity contribution >= 4 is 17.6 Å². The first-order valence-electron chi connectivity index (χ1n) is 11.5. The number of alkyl halides is 4. The number of likely N-dealkylation sites (N-methyl/N-ethyl adjacent to an activating group) is 1. The van der Waals surface area contributed by atoms with Gasteiger partial charge in [-0.25, -0.2) is 10.2 Å². The molecule has 1 aliphatic rings. The van der Waals surface area contributed by atoms with E-state index in [1.807, 2.05) is 0 Å². The number of carbonyl (C=O) groups is 2. The largest absolute Gasteiger partial charge is 0.416 e. The normalized spacial score (nSPS) is 14.7. The van der Waals surface area contributed by atoms with Gasteiger partial charge in [0.25, 0.3) is 5.91 Å². The molecule has 200 valence electrons. The zero-order chi connectivity index (χ0) is 27.2. The Morgan fingerprint density at radius 1 is 1.22 bits per heavy atom. The molecule has 3 rings (SSSR count). The van der Waals surface area contributed by atoms with E-state index in [1.165, 1.54) is 13.1 Å². The van der Waals surface area contributed by atoms with Crippen molar-refractivity contribution in [2.45, 2.75) is 50.4 Å². The summed E-state index contributed by atoms with van der Waals surface area (Å²) in [5, 5.41) is 13.6. The third kappa shape index (κ3) is 8.66. The second-order valence-electron chi connectivity index (χ2n) is 8.68. The Kier molecular flexibility index (Phi) is 8.97. The molecule has 1 atom stereocenters. The molecule has 14 heteroatoms. The zero-order valence-electron chi connectivity index (χ0n) is 20.1. The van der Waals surface area contributed by atoms with Crippen LogP contribution in [-0.2, 0) is 28.6 Å². The highest BCUT2D eigenvalue weighted by Crippen LogP contribution is 2.41. The summed E-state index contributed by atoms with van der Waals surface area (Å²) in [4.78, 5) is 27.9. The summed E-state index contributed by atoms with van der Waals surface area (Å²) in [5.74, 6) is 4.61. The number of halogens is 4. The monoisotopic (exact) mass is 524 g/mol. The Morgan fingerprint density at radius 3 is 2.54 bits per heavy atom. The predicted octanol–water partition coefficient (Wildman–Crippen LogP) is 1.94. The van der Waals surface area contributed by atoms with Crippen molar-refractivity contribution in [2.24, 2.45) is 11.6 Å². The standard InChI is InChI=1S/C23H28F4N8O2/c1-30-22(37)18(28)12-35(29)11-15(24)4-5-16-6-7-20(34-33-16)32-21(36)10-17-8-14(23(25,26)27)9-19(31-17)13-2-3-13/h6-9,12-13,15H,2-5,10-11,28-29H2,1H3,(H,30,37)(H,32,34,36)/b18-12-. The van der Waals surface area contributed by atoms with Crippen molar-refractivity contribution in [3.63, 3.8) is 0 Å². The molecule has 2 amide bonds. The van der Waals surface area contributed by atoms with Gasteiger partial charge in [-0.2, -0.15) is 18.3 Å². The summed E-state index contributed by atoms with van der Waals surface area (Å²) < 4.78 is 53.9. The first kappa shape index (κ1) is 27.8. The fourth-order valence-corrected chi connectivity index (χ4v) is 3.42. The summed E-state index contributed by atoms with van der Waals surface area (Å²) in [5.41, 5.74) is 5.35. The minimum atomic E-state index is -4.53. The van der Waals surface area contributed by atoms with Gasteiger partial charge in [0.15, 0.2) is 5.82 Å². The molecule has 1 saturated carbocycles. The average Bonchev–Trinajstić information content (AvgIpc) is 3.67. The molecule has 1 aliphatic carbocycles. The molecule has 0 spiro atoms. The highest BCUT2D eigenvalue weighted by atomic mass is 19.4. The van der Waals surface area contributed by atoms with Gasteiger partial charge >= 0.3 is 6.18 Å². The lowest BCUT2D eigenvalue weighted by molar-refractivity contribution is -0.137. The van der Waals surface area contributed by atoms with Crippen molar-refractivity contribution in [3.05, 3.63) is 58.8 Å². The fraction of sp³-hybridized carbons (Fsp3) is 0.435. The number of carbonyl (C=O) groups excluding carboxylic acids is 2. The van der Waals surface area contributed by atoms with Gasteiger partial charge in [0, 0.05) is 24.9 Å². The third-order valence-corrected chi connectivity index (χ3v) is 5.47. The Morgan fingerprint density at radius 2 is 1.95 bits per heavy atom. The Labute approximate surface area is 210 Å². The molecule has 0 bridgehead atoms. The van der Waals surface area contributed by atoms with Gasteiger partial charge in [-0.15, -0.1) is 5.10 Å².